The molecule has 1 amide bonds. The first kappa shape index (κ1) is 16.0. The maximum Gasteiger partial charge on any atom is 0.252 e. The van der Waals surface area contributed by atoms with Crippen LogP contribution in [0.1, 0.15) is 10.4 Å². The van der Waals surface area contributed by atoms with Gasteiger partial charge in [-0.05, 0) is 18.2 Å². The number of carbonyl (C=O) groups excluding carboxylic acids is 1. The number of anilines is 1. The van der Waals surface area contributed by atoms with E-state index in [1.54, 1.807) is 24.1 Å². The van der Waals surface area contributed by atoms with Crippen LogP contribution >= 0.6 is 11.6 Å². The summed E-state index contributed by atoms with van der Waals surface area (Å²) >= 11 is 5.70. The van der Waals surface area contributed by atoms with Crippen LogP contribution in [0.3, 0.4) is 0 Å². The predicted octanol–water partition coefficient (Wildman–Crippen LogP) is 1.88. The SMILES string of the molecule is CN(CCOc1cccc(F)c1)c1nnc(Cl)cc1C(N)=O. The van der Waals surface area contributed by atoms with Crippen molar-refractivity contribution in [2.75, 3.05) is 25.1 Å². The first-order valence-electron chi connectivity index (χ1n) is 6.40. The molecule has 6 nitrogen and oxygen atoms in total. The van der Waals surface area contributed by atoms with E-state index in [0.717, 1.165) is 0 Å². The quantitative estimate of drug-likeness (QED) is 0.877. The number of hydrogen-bond acceptors (Lipinski definition) is 5. The lowest BCUT2D eigenvalue weighted by atomic mass is 10.2. The van der Waals surface area contributed by atoms with E-state index in [1.165, 1.54) is 18.2 Å². The summed E-state index contributed by atoms with van der Waals surface area (Å²) in [4.78, 5) is 13.1. The minimum absolute atomic E-state index is 0.0851. The van der Waals surface area contributed by atoms with E-state index in [4.69, 9.17) is 22.1 Å². The largest absolute Gasteiger partial charge is 0.492 e. The van der Waals surface area contributed by atoms with Crippen molar-refractivity contribution in [3.05, 3.63) is 46.9 Å². The summed E-state index contributed by atoms with van der Waals surface area (Å²) in [6.45, 7) is 0.662. The number of ether oxygens (including phenoxy) is 1. The number of benzene rings is 1. The predicted molar refractivity (Wildman–Crippen MR) is 80.7 cm³/mol. The average molecular weight is 325 g/mol. The van der Waals surface area contributed by atoms with E-state index in [-0.39, 0.29) is 23.1 Å². The lowest BCUT2D eigenvalue weighted by Crippen LogP contribution is -2.28. The molecular formula is C14H14ClFN4O2. The summed E-state index contributed by atoms with van der Waals surface area (Å²) in [7, 11) is 1.71. The van der Waals surface area contributed by atoms with Crippen molar-refractivity contribution < 1.29 is 13.9 Å². The molecule has 0 aliphatic heterocycles. The third-order valence-corrected chi connectivity index (χ3v) is 3.05. The van der Waals surface area contributed by atoms with Crippen molar-refractivity contribution in [1.82, 2.24) is 10.2 Å². The van der Waals surface area contributed by atoms with Gasteiger partial charge in [-0.15, -0.1) is 10.2 Å². The summed E-state index contributed by atoms with van der Waals surface area (Å²) in [5.41, 5.74) is 5.47. The molecule has 116 valence electrons. The number of halogens is 2. The Kier molecular flexibility index (Phi) is 5.11. The second-order valence-corrected chi connectivity index (χ2v) is 4.88. The topological polar surface area (TPSA) is 81.3 Å². The molecule has 1 aromatic carbocycles. The maximum absolute atomic E-state index is 13.0. The Morgan fingerprint density at radius 1 is 1.41 bits per heavy atom. The van der Waals surface area contributed by atoms with Crippen LogP contribution in [0, 0.1) is 5.82 Å². The van der Waals surface area contributed by atoms with Crippen LogP contribution in [-0.2, 0) is 0 Å². The molecule has 0 fully saturated rings. The fourth-order valence-corrected chi connectivity index (χ4v) is 1.93. The van der Waals surface area contributed by atoms with Crippen molar-refractivity contribution in [3.63, 3.8) is 0 Å². The van der Waals surface area contributed by atoms with Gasteiger partial charge in [-0.3, -0.25) is 4.79 Å². The van der Waals surface area contributed by atoms with Gasteiger partial charge in [-0.1, -0.05) is 17.7 Å². The van der Waals surface area contributed by atoms with Crippen molar-refractivity contribution >= 4 is 23.3 Å². The Balaban J connectivity index is 2.00. The van der Waals surface area contributed by atoms with Gasteiger partial charge in [0, 0.05) is 13.1 Å². The van der Waals surface area contributed by atoms with Gasteiger partial charge in [0.15, 0.2) is 11.0 Å². The summed E-state index contributed by atoms with van der Waals surface area (Å²) in [6.07, 6.45) is 0. The second-order valence-electron chi connectivity index (χ2n) is 4.50. The Hall–Kier alpha value is -2.41. The average Bonchev–Trinajstić information content (AvgIpc) is 2.47. The van der Waals surface area contributed by atoms with Crippen LogP contribution in [0.2, 0.25) is 5.15 Å². The van der Waals surface area contributed by atoms with E-state index < -0.39 is 5.91 Å². The van der Waals surface area contributed by atoms with Gasteiger partial charge in [0.2, 0.25) is 0 Å². The van der Waals surface area contributed by atoms with Crippen LogP contribution in [0.25, 0.3) is 0 Å². The van der Waals surface area contributed by atoms with E-state index in [1.807, 2.05) is 0 Å². The minimum atomic E-state index is -0.648. The zero-order valence-electron chi connectivity index (χ0n) is 11.8. The maximum atomic E-state index is 13.0. The van der Waals surface area contributed by atoms with Crippen LogP contribution in [0.15, 0.2) is 30.3 Å². The van der Waals surface area contributed by atoms with Crippen molar-refractivity contribution in [2.24, 2.45) is 5.73 Å². The van der Waals surface area contributed by atoms with Crippen molar-refractivity contribution in [3.8, 4) is 5.75 Å². The van der Waals surface area contributed by atoms with Gasteiger partial charge in [0.05, 0.1) is 12.1 Å². The number of hydrogen-bond donors (Lipinski definition) is 1. The highest BCUT2D eigenvalue weighted by Crippen LogP contribution is 2.18. The van der Waals surface area contributed by atoms with E-state index >= 15 is 0 Å². The lowest BCUT2D eigenvalue weighted by Gasteiger charge is -2.19. The molecule has 0 aliphatic carbocycles. The monoisotopic (exact) mass is 324 g/mol. The van der Waals surface area contributed by atoms with Gasteiger partial charge < -0.3 is 15.4 Å². The molecule has 2 aromatic rings. The van der Waals surface area contributed by atoms with Crippen molar-refractivity contribution in [2.45, 2.75) is 0 Å². The van der Waals surface area contributed by atoms with Gasteiger partial charge >= 0.3 is 0 Å². The first-order valence-corrected chi connectivity index (χ1v) is 6.77. The van der Waals surface area contributed by atoms with Crippen LogP contribution in [-0.4, -0.2) is 36.3 Å². The Bertz CT molecular complexity index is 684. The summed E-state index contributed by atoms with van der Waals surface area (Å²) in [5.74, 6) is -0.291. The molecule has 1 aromatic heterocycles. The number of nitrogens with two attached hydrogens (primary N) is 1. The molecule has 0 saturated heterocycles. The highest BCUT2D eigenvalue weighted by Gasteiger charge is 2.15. The molecule has 0 radical (unpaired) electrons. The molecule has 0 aliphatic rings. The first-order chi connectivity index (χ1) is 10.5. The number of primary amides is 1. The Labute approximate surface area is 131 Å². The molecule has 2 rings (SSSR count). The third-order valence-electron chi connectivity index (χ3n) is 2.86. The number of aromatic nitrogens is 2. The Morgan fingerprint density at radius 2 is 2.18 bits per heavy atom. The van der Waals surface area contributed by atoms with Gasteiger partial charge in [-0.25, -0.2) is 4.39 Å². The van der Waals surface area contributed by atoms with Crippen LogP contribution in [0.5, 0.6) is 5.75 Å². The van der Waals surface area contributed by atoms with E-state index in [0.29, 0.717) is 18.1 Å². The molecule has 1 heterocycles. The molecule has 0 saturated carbocycles. The highest BCUT2D eigenvalue weighted by molar-refractivity contribution is 6.29. The summed E-state index contributed by atoms with van der Waals surface area (Å²) in [5, 5.41) is 7.65. The number of likely N-dealkylation sites (N-methyl/N-ethyl adjacent to an activating group) is 1. The zero-order valence-corrected chi connectivity index (χ0v) is 12.5. The van der Waals surface area contributed by atoms with Gasteiger partial charge in [0.1, 0.15) is 18.2 Å². The standard InChI is InChI=1S/C14H14ClFN4O2/c1-20(5-6-22-10-4-2-3-9(16)7-10)14-11(13(17)21)8-12(15)18-19-14/h2-4,7-8H,5-6H2,1H3,(H2,17,21). The number of nitrogens with zero attached hydrogens (tertiary/aromatic N) is 3. The molecular weight excluding hydrogens is 311 g/mol. The number of rotatable bonds is 6. The molecule has 2 N–H and O–H groups in total. The van der Waals surface area contributed by atoms with Gasteiger partial charge in [-0.2, -0.15) is 0 Å². The minimum Gasteiger partial charge on any atom is -0.492 e. The number of carbonyl (C=O) groups is 1. The molecule has 0 spiro atoms. The molecule has 0 atom stereocenters. The highest BCUT2D eigenvalue weighted by atomic mass is 35.5. The van der Waals surface area contributed by atoms with E-state index in [2.05, 4.69) is 10.2 Å². The fourth-order valence-electron chi connectivity index (χ4n) is 1.79. The molecule has 22 heavy (non-hydrogen) atoms. The number of amides is 1. The second kappa shape index (κ2) is 7.04. The molecule has 8 heteroatoms. The zero-order chi connectivity index (χ0) is 16.1. The summed E-state index contributed by atoms with van der Waals surface area (Å²) < 4.78 is 18.5. The molecule has 0 unspecified atom stereocenters. The normalized spacial score (nSPS) is 10.3. The smallest absolute Gasteiger partial charge is 0.252 e. The lowest BCUT2D eigenvalue weighted by molar-refractivity contribution is 0.1000. The van der Waals surface area contributed by atoms with Crippen molar-refractivity contribution in [1.29, 1.82) is 0 Å². The summed E-state index contributed by atoms with van der Waals surface area (Å²) in [6, 6.07) is 7.19. The molecule has 0 bridgehead atoms. The van der Waals surface area contributed by atoms with Crippen LogP contribution < -0.4 is 15.4 Å². The fraction of sp³-hybridized carbons (Fsp3) is 0.214. The van der Waals surface area contributed by atoms with Gasteiger partial charge in [0.25, 0.3) is 5.91 Å². The Morgan fingerprint density at radius 3 is 2.86 bits per heavy atom. The third kappa shape index (κ3) is 4.05. The van der Waals surface area contributed by atoms with Crippen LogP contribution in [0.4, 0.5) is 10.2 Å². The van der Waals surface area contributed by atoms with E-state index in [9.17, 15) is 9.18 Å².